The van der Waals surface area contributed by atoms with Crippen molar-refractivity contribution in [3.05, 3.63) is 45.7 Å². The normalized spacial score (nSPS) is 12.8. The number of aliphatic imine (C=N–C) groups is 1. The second kappa shape index (κ2) is 8.63. The number of rotatable bonds is 6. The van der Waals surface area contributed by atoms with Gasteiger partial charge in [-0.3, -0.25) is 4.99 Å². The van der Waals surface area contributed by atoms with Crippen LogP contribution < -0.4 is 15.4 Å². The average molecular weight is 350 g/mol. The van der Waals surface area contributed by atoms with Crippen LogP contribution in [0.25, 0.3) is 0 Å². The zero-order valence-electron chi connectivity index (χ0n) is 14.4. The van der Waals surface area contributed by atoms with E-state index in [0.29, 0.717) is 24.8 Å². The van der Waals surface area contributed by atoms with Crippen molar-refractivity contribution in [1.82, 2.24) is 15.6 Å². The van der Waals surface area contributed by atoms with Gasteiger partial charge in [-0.1, -0.05) is 0 Å². The first-order valence-electron chi connectivity index (χ1n) is 7.77. The Morgan fingerprint density at radius 1 is 1.29 bits per heavy atom. The third kappa shape index (κ3) is 5.49. The van der Waals surface area contributed by atoms with Gasteiger partial charge in [0.15, 0.2) is 5.96 Å². The summed E-state index contributed by atoms with van der Waals surface area (Å²) in [5, 5.41) is 7.47. The maximum absolute atomic E-state index is 12.9. The van der Waals surface area contributed by atoms with E-state index in [1.807, 2.05) is 13.8 Å². The summed E-state index contributed by atoms with van der Waals surface area (Å²) in [5.74, 6) is 1.06. The maximum atomic E-state index is 12.9. The fraction of sp³-hybridized carbons (Fsp3) is 0.412. The fourth-order valence-electron chi connectivity index (χ4n) is 2.02. The Morgan fingerprint density at radius 3 is 2.58 bits per heavy atom. The summed E-state index contributed by atoms with van der Waals surface area (Å²) in [4.78, 5) is 9.91. The lowest BCUT2D eigenvalue weighted by Gasteiger charge is -2.17. The zero-order chi connectivity index (χ0) is 17.5. The van der Waals surface area contributed by atoms with E-state index in [2.05, 4.69) is 27.5 Å². The van der Waals surface area contributed by atoms with Crippen molar-refractivity contribution < 1.29 is 9.13 Å². The number of halogens is 1. The summed E-state index contributed by atoms with van der Waals surface area (Å²) in [6.07, 6.45) is -0.0848. The Balaban J connectivity index is 1.77. The smallest absolute Gasteiger partial charge is 0.191 e. The lowest BCUT2D eigenvalue weighted by Crippen LogP contribution is -2.41. The molecular formula is C17H23FN4OS. The number of benzene rings is 1. The molecule has 0 spiro atoms. The van der Waals surface area contributed by atoms with Crippen LogP contribution in [0.2, 0.25) is 0 Å². The highest BCUT2D eigenvalue weighted by Crippen LogP contribution is 2.16. The van der Waals surface area contributed by atoms with E-state index in [9.17, 15) is 4.39 Å². The largest absolute Gasteiger partial charge is 0.489 e. The number of hydrogen-bond donors (Lipinski definition) is 2. The first-order chi connectivity index (χ1) is 11.5. The third-order valence-electron chi connectivity index (χ3n) is 3.41. The molecule has 0 aliphatic heterocycles. The molecule has 1 atom stereocenters. The van der Waals surface area contributed by atoms with Gasteiger partial charge in [0.2, 0.25) is 0 Å². The standard InChI is InChI=1S/C17H23FN4OS/c1-11(23-15-7-5-14(18)6-8-15)9-20-17(19-4)21-10-16-22-12(2)13(3)24-16/h5-8,11H,9-10H2,1-4H3,(H2,19,20,21). The molecule has 0 radical (unpaired) electrons. The molecule has 1 unspecified atom stereocenters. The second-order valence-corrected chi connectivity index (χ2v) is 6.73. The minimum Gasteiger partial charge on any atom is -0.489 e. The molecule has 1 aromatic heterocycles. The van der Waals surface area contributed by atoms with Crippen LogP contribution in [0.5, 0.6) is 5.75 Å². The Bertz CT molecular complexity index is 665. The fourth-order valence-corrected chi connectivity index (χ4v) is 2.90. The predicted molar refractivity (Wildman–Crippen MR) is 96.3 cm³/mol. The van der Waals surface area contributed by atoms with Crippen LogP contribution in [-0.4, -0.2) is 30.6 Å². The Morgan fingerprint density at radius 2 is 2.00 bits per heavy atom. The molecule has 0 saturated heterocycles. The lowest BCUT2D eigenvalue weighted by molar-refractivity contribution is 0.223. The van der Waals surface area contributed by atoms with E-state index in [0.717, 1.165) is 10.7 Å². The van der Waals surface area contributed by atoms with Gasteiger partial charge in [-0.15, -0.1) is 11.3 Å². The van der Waals surface area contributed by atoms with E-state index >= 15 is 0 Å². The van der Waals surface area contributed by atoms with Crippen LogP contribution >= 0.6 is 11.3 Å². The van der Waals surface area contributed by atoms with Crippen LogP contribution in [0.4, 0.5) is 4.39 Å². The average Bonchev–Trinajstić information content (AvgIpc) is 2.88. The van der Waals surface area contributed by atoms with Crippen molar-refractivity contribution in [2.45, 2.75) is 33.4 Å². The van der Waals surface area contributed by atoms with Crippen LogP contribution in [-0.2, 0) is 6.54 Å². The maximum Gasteiger partial charge on any atom is 0.191 e. The second-order valence-electron chi connectivity index (χ2n) is 5.44. The summed E-state index contributed by atoms with van der Waals surface area (Å²) >= 11 is 1.68. The van der Waals surface area contributed by atoms with Crippen molar-refractivity contribution in [2.75, 3.05) is 13.6 Å². The number of nitrogens with one attached hydrogen (secondary N) is 2. The number of aryl methyl sites for hydroxylation is 2. The number of nitrogens with zero attached hydrogens (tertiary/aromatic N) is 2. The minimum absolute atomic E-state index is 0.0848. The molecule has 7 heteroatoms. The van der Waals surface area contributed by atoms with Gasteiger partial charge >= 0.3 is 0 Å². The van der Waals surface area contributed by atoms with Crippen LogP contribution in [0, 0.1) is 19.7 Å². The molecule has 1 heterocycles. The quantitative estimate of drug-likeness (QED) is 0.621. The molecule has 0 aliphatic rings. The molecule has 0 bridgehead atoms. The zero-order valence-corrected chi connectivity index (χ0v) is 15.2. The third-order valence-corrected chi connectivity index (χ3v) is 4.48. The van der Waals surface area contributed by atoms with Gasteiger partial charge in [-0.2, -0.15) is 0 Å². The minimum atomic E-state index is -0.273. The Kier molecular flexibility index (Phi) is 6.54. The molecule has 24 heavy (non-hydrogen) atoms. The number of ether oxygens (including phenoxy) is 1. The Hall–Kier alpha value is -2.15. The molecular weight excluding hydrogens is 327 g/mol. The van der Waals surface area contributed by atoms with Gasteiger partial charge in [0.25, 0.3) is 0 Å². The summed E-state index contributed by atoms with van der Waals surface area (Å²) in [5.41, 5.74) is 1.07. The first-order valence-corrected chi connectivity index (χ1v) is 8.59. The van der Waals surface area contributed by atoms with Crippen LogP contribution in [0.3, 0.4) is 0 Å². The summed E-state index contributed by atoms with van der Waals surface area (Å²) in [7, 11) is 1.72. The van der Waals surface area contributed by atoms with Crippen molar-refractivity contribution in [3.8, 4) is 5.75 Å². The highest BCUT2D eigenvalue weighted by atomic mass is 32.1. The number of thiazole rings is 1. The molecule has 130 valence electrons. The monoisotopic (exact) mass is 350 g/mol. The van der Waals surface area contributed by atoms with Crippen LogP contribution in [0.15, 0.2) is 29.3 Å². The summed E-state index contributed by atoms with van der Waals surface area (Å²) in [6.45, 7) is 7.23. The molecule has 0 aliphatic carbocycles. The van der Waals surface area contributed by atoms with E-state index in [-0.39, 0.29) is 11.9 Å². The van der Waals surface area contributed by atoms with Crippen molar-refractivity contribution in [2.24, 2.45) is 4.99 Å². The van der Waals surface area contributed by atoms with E-state index in [1.54, 1.807) is 30.5 Å². The predicted octanol–water partition coefficient (Wildman–Crippen LogP) is 3.03. The SMILES string of the molecule is CN=C(NCc1nc(C)c(C)s1)NCC(C)Oc1ccc(F)cc1. The highest BCUT2D eigenvalue weighted by Gasteiger charge is 2.08. The first kappa shape index (κ1) is 18.2. The number of aromatic nitrogens is 1. The van der Waals surface area contributed by atoms with Crippen molar-refractivity contribution in [1.29, 1.82) is 0 Å². The lowest BCUT2D eigenvalue weighted by atomic mass is 10.3. The highest BCUT2D eigenvalue weighted by molar-refractivity contribution is 7.11. The molecule has 2 rings (SSSR count). The molecule has 5 nitrogen and oxygen atoms in total. The number of guanidine groups is 1. The van der Waals surface area contributed by atoms with Crippen LogP contribution in [0.1, 0.15) is 22.5 Å². The Labute approximate surface area is 146 Å². The number of hydrogen-bond acceptors (Lipinski definition) is 4. The molecule has 1 aromatic carbocycles. The van der Waals surface area contributed by atoms with E-state index in [4.69, 9.17) is 4.74 Å². The molecule has 2 aromatic rings. The van der Waals surface area contributed by atoms with Crippen molar-refractivity contribution >= 4 is 17.3 Å². The molecule has 0 saturated carbocycles. The van der Waals surface area contributed by atoms with Gasteiger partial charge in [0, 0.05) is 11.9 Å². The van der Waals surface area contributed by atoms with Gasteiger partial charge < -0.3 is 15.4 Å². The van der Waals surface area contributed by atoms with Gasteiger partial charge in [-0.05, 0) is 45.0 Å². The van der Waals surface area contributed by atoms with Crippen molar-refractivity contribution in [3.63, 3.8) is 0 Å². The van der Waals surface area contributed by atoms with E-state index < -0.39 is 0 Å². The molecule has 2 N–H and O–H groups in total. The van der Waals surface area contributed by atoms with Gasteiger partial charge in [-0.25, -0.2) is 9.37 Å². The summed E-state index contributed by atoms with van der Waals surface area (Å²) in [6, 6.07) is 6.00. The van der Waals surface area contributed by atoms with E-state index in [1.165, 1.54) is 17.0 Å². The molecule has 0 fully saturated rings. The van der Waals surface area contributed by atoms with Gasteiger partial charge in [0.05, 0.1) is 18.8 Å². The molecule has 0 amide bonds. The topological polar surface area (TPSA) is 58.5 Å². The summed E-state index contributed by atoms with van der Waals surface area (Å²) < 4.78 is 18.6. The van der Waals surface area contributed by atoms with Gasteiger partial charge in [0.1, 0.15) is 22.7 Å².